The summed E-state index contributed by atoms with van der Waals surface area (Å²) in [5.41, 5.74) is 2.11. The average molecular weight is 172 g/mol. The molecule has 0 N–H and O–H groups in total. The van der Waals surface area contributed by atoms with E-state index in [1.807, 2.05) is 0 Å². The van der Waals surface area contributed by atoms with Crippen molar-refractivity contribution in [1.29, 1.82) is 0 Å². The molecule has 0 aromatic carbocycles. The second kappa shape index (κ2) is 5.52. The van der Waals surface area contributed by atoms with Gasteiger partial charge in [0.25, 0.3) is 0 Å². The van der Waals surface area contributed by atoms with Crippen molar-refractivity contribution >= 4 is 9.52 Å². The molecule has 2 nitrogen and oxygen atoms in total. The van der Waals surface area contributed by atoms with Crippen LogP contribution in [0.3, 0.4) is 0 Å². The van der Waals surface area contributed by atoms with Gasteiger partial charge in [0.15, 0.2) is 0 Å². The van der Waals surface area contributed by atoms with Crippen LogP contribution in [-0.4, -0.2) is 53.7 Å². The van der Waals surface area contributed by atoms with Gasteiger partial charge in [-0.3, -0.25) is 9.80 Å². The van der Waals surface area contributed by atoms with Crippen molar-refractivity contribution < 1.29 is 0 Å². The van der Waals surface area contributed by atoms with Crippen molar-refractivity contribution in [3.8, 4) is 0 Å². The van der Waals surface area contributed by atoms with Crippen LogP contribution in [0.15, 0.2) is 12.3 Å². The molecule has 0 saturated carbocycles. The Hall–Kier alpha value is -0.123. The second-order valence-corrected chi connectivity index (χ2v) is 5.01. The Labute approximate surface area is 72.7 Å². The maximum absolute atomic E-state index is 3.78. The summed E-state index contributed by atoms with van der Waals surface area (Å²) in [4.78, 5) is 4.52. The van der Waals surface area contributed by atoms with Gasteiger partial charge in [0.2, 0.25) is 0 Å². The van der Waals surface area contributed by atoms with E-state index in [4.69, 9.17) is 0 Å². The van der Waals surface area contributed by atoms with E-state index in [0.29, 0.717) is 6.17 Å². The van der Waals surface area contributed by atoms with Crippen LogP contribution in [0.1, 0.15) is 0 Å². The molecular weight excluding hydrogens is 152 g/mol. The maximum atomic E-state index is 3.78. The number of hydrogen-bond donors (Lipinski definition) is 0. The third-order valence-electron chi connectivity index (χ3n) is 1.82. The molecule has 0 aromatic heterocycles. The molecule has 0 radical (unpaired) electrons. The summed E-state index contributed by atoms with van der Waals surface area (Å²) >= 11 is 0. The van der Waals surface area contributed by atoms with Crippen LogP contribution in [0.25, 0.3) is 0 Å². The molecule has 0 aromatic rings. The fourth-order valence-electron chi connectivity index (χ4n) is 1.25. The summed E-state index contributed by atoms with van der Waals surface area (Å²) in [6, 6.07) is 1.30. The van der Waals surface area contributed by atoms with Crippen molar-refractivity contribution in [3.05, 3.63) is 12.3 Å². The minimum atomic E-state index is -0.0308. The van der Waals surface area contributed by atoms with Gasteiger partial charge in [0, 0.05) is 9.52 Å². The molecule has 0 spiro atoms. The molecule has 3 heteroatoms. The van der Waals surface area contributed by atoms with E-state index in [1.54, 1.807) is 0 Å². The minimum Gasteiger partial charge on any atom is -0.294 e. The molecule has 0 aliphatic carbocycles. The molecule has 0 amide bonds. The van der Waals surface area contributed by atoms with Gasteiger partial charge in [-0.25, -0.2) is 0 Å². The summed E-state index contributed by atoms with van der Waals surface area (Å²) < 4.78 is 0. The lowest BCUT2D eigenvalue weighted by Crippen LogP contribution is -2.40. The third-order valence-corrected chi connectivity index (χ3v) is 3.08. The lowest BCUT2D eigenvalue weighted by Gasteiger charge is -2.30. The normalized spacial score (nSPS) is 12.6. The van der Waals surface area contributed by atoms with Gasteiger partial charge in [-0.1, -0.05) is 0 Å². The minimum absolute atomic E-state index is 0.0308. The molecule has 11 heavy (non-hydrogen) atoms. The van der Waals surface area contributed by atoms with Gasteiger partial charge in [0.05, 0.1) is 6.17 Å². The van der Waals surface area contributed by atoms with Crippen molar-refractivity contribution in [2.75, 3.05) is 28.2 Å². The van der Waals surface area contributed by atoms with Crippen LogP contribution in [0.4, 0.5) is 0 Å². The fraction of sp³-hybridized carbons (Fsp3) is 0.750. The number of nitrogens with zero attached hydrogens (tertiary/aromatic N) is 2. The van der Waals surface area contributed by atoms with Crippen LogP contribution in [0.2, 0.25) is 6.04 Å². The Morgan fingerprint density at radius 2 is 1.73 bits per heavy atom. The summed E-state index contributed by atoms with van der Waals surface area (Å²) in [5.74, 6) is 0. The first-order chi connectivity index (χ1) is 5.09. The smallest absolute Gasteiger partial charge is 0.0585 e. The Morgan fingerprint density at radius 1 is 1.27 bits per heavy atom. The van der Waals surface area contributed by atoms with Crippen LogP contribution < -0.4 is 0 Å². The van der Waals surface area contributed by atoms with Gasteiger partial charge in [-0.15, -0.1) is 12.3 Å². The Morgan fingerprint density at radius 3 is 2.00 bits per heavy atom. The highest BCUT2D eigenvalue weighted by Gasteiger charge is 2.11. The van der Waals surface area contributed by atoms with Crippen molar-refractivity contribution in [2.45, 2.75) is 12.2 Å². The monoisotopic (exact) mass is 172 g/mol. The Bertz CT molecular complexity index is 105. The van der Waals surface area contributed by atoms with Crippen molar-refractivity contribution in [1.82, 2.24) is 9.80 Å². The lowest BCUT2D eigenvalue weighted by molar-refractivity contribution is 0.147. The maximum Gasteiger partial charge on any atom is 0.0585 e. The van der Waals surface area contributed by atoms with Gasteiger partial charge in [0.1, 0.15) is 0 Å². The molecule has 0 rings (SSSR count). The van der Waals surface area contributed by atoms with Crippen LogP contribution in [0, 0.1) is 0 Å². The van der Waals surface area contributed by atoms with Crippen molar-refractivity contribution in [3.63, 3.8) is 0 Å². The van der Waals surface area contributed by atoms with E-state index in [9.17, 15) is 0 Å². The van der Waals surface area contributed by atoms with Crippen LogP contribution in [0.5, 0.6) is 0 Å². The predicted octanol–water partition coefficient (Wildman–Crippen LogP) is 0.166. The molecule has 0 unspecified atom stereocenters. The largest absolute Gasteiger partial charge is 0.294 e. The summed E-state index contributed by atoms with van der Waals surface area (Å²) in [6.07, 6.45) is 0.597. The zero-order valence-corrected chi connectivity index (χ0v) is 9.58. The topological polar surface area (TPSA) is 6.48 Å². The van der Waals surface area contributed by atoms with E-state index in [0.717, 1.165) is 0 Å². The molecule has 0 bridgehead atoms. The molecule has 0 saturated heterocycles. The molecule has 0 heterocycles. The predicted molar refractivity (Wildman–Crippen MR) is 54.7 cm³/mol. The lowest BCUT2D eigenvalue weighted by atomic mass is 10.5. The van der Waals surface area contributed by atoms with Gasteiger partial charge < -0.3 is 0 Å². The quantitative estimate of drug-likeness (QED) is 0.431. The summed E-state index contributed by atoms with van der Waals surface area (Å²) in [7, 11) is 8.48. The molecule has 0 aliphatic heterocycles. The Balaban J connectivity index is 3.79. The second-order valence-electron chi connectivity index (χ2n) is 3.27. The Kier molecular flexibility index (Phi) is 5.46. The standard InChI is InChI=1S/C8H20N2Si/c1-6-11-7-8(9(2)3)10(4)5/h6,8H,1,7,11H2,2-5H3. The van der Waals surface area contributed by atoms with E-state index in [2.05, 4.69) is 50.3 Å². The van der Waals surface area contributed by atoms with Gasteiger partial charge in [-0.2, -0.15) is 0 Å². The average Bonchev–Trinajstić information content (AvgIpc) is 1.87. The van der Waals surface area contributed by atoms with Crippen LogP contribution >= 0.6 is 0 Å². The first kappa shape index (κ1) is 10.9. The summed E-state index contributed by atoms with van der Waals surface area (Å²) in [6.45, 7) is 3.78. The van der Waals surface area contributed by atoms with E-state index < -0.39 is 0 Å². The molecule has 0 atom stereocenters. The molecule has 66 valence electrons. The molecule has 0 fully saturated rings. The van der Waals surface area contributed by atoms with Crippen LogP contribution in [-0.2, 0) is 0 Å². The van der Waals surface area contributed by atoms with Gasteiger partial charge in [-0.05, 0) is 34.2 Å². The van der Waals surface area contributed by atoms with E-state index in [-0.39, 0.29) is 9.52 Å². The first-order valence-corrected chi connectivity index (χ1v) is 5.85. The third kappa shape index (κ3) is 4.34. The molecular formula is C8H20N2Si. The zero-order chi connectivity index (χ0) is 8.85. The highest BCUT2D eigenvalue weighted by Crippen LogP contribution is 2.02. The highest BCUT2D eigenvalue weighted by molar-refractivity contribution is 6.41. The molecule has 0 aliphatic rings. The van der Waals surface area contributed by atoms with E-state index in [1.165, 1.54) is 6.04 Å². The van der Waals surface area contributed by atoms with Crippen molar-refractivity contribution in [2.24, 2.45) is 0 Å². The first-order valence-electron chi connectivity index (χ1n) is 4.03. The summed E-state index contributed by atoms with van der Waals surface area (Å²) in [5, 5.41) is 0. The number of rotatable bonds is 5. The van der Waals surface area contributed by atoms with E-state index >= 15 is 0 Å². The van der Waals surface area contributed by atoms with Gasteiger partial charge >= 0.3 is 0 Å². The highest BCUT2D eigenvalue weighted by atomic mass is 28.2. The SMILES string of the molecule is C=C[SiH2]CC(N(C)C)N(C)C. The fourth-order valence-corrected chi connectivity index (χ4v) is 2.81. The number of hydrogen-bond acceptors (Lipinski definition) is 2. The zero-order valence-electron chi connectivity index (χ0n) is 8.17.